The maximum absolute atomic E-state index is 15.0. The van der Waals surface area contributed by atoms with Crippen LogP contribution in [0.1, 0.15) is 85.8 Å². The predicted octanol–water partition coefficient (Wildman–Crippen LogP) is 8.10. The van der Waals surface area contributed by atoms with Gasteiger partial charge < -0.3 is 20.4 Å². The predicted molar refractivity (Wildman–Crippen MR) is 173 cm³/mol. The average Bonchev–Trinajstić information content (AvgIpc) is 3.54. The first-order chi connectivity index (χ1) is 21.3. The summed E-state index contributed by atoms with van der Waals surface area (Å²) in [5.74, 6) is -2.56. The fraction of sp³-hybridized carbons (Fsp3) is 0.444. The number of rotatable bonds is 10. The van der Waals surface area contributed by atoms with Crippen molar-refractivity contribution < 1.29 is 18.4 Å². The van der Waals surface area contributed by atoms with Gasteiger partial charge in [0, 0.05) is 37.6 Å². The first-order valence-electron chi connectivity index (χ1n) is 16.0. The highest BCUT2D eigenvalue weighted by Crippen LogP contribution is 2.39. The van der Waals surface area contributed by atoms with E-state index in [-0.39, 0.29) is 17.2 Å². The SMILES string of the molecule is CCCCN(C)c1ccc(F)c(NC(=O)C2CCCN(C(=O)c3c(C)cccc3F)[C@H]2c2ccc(NC3CCCC3)cc2)c1. The lowest BCUT2D eigenvalue weighted by atomic mass is 9.83. The first-order valence-corrected chi connectivity index (χ1v) is 16.0. The average molecular weight is 603 g/mol. The van der Waals surface area contributed by atoms with Crippen LogP contribution in [0, 0.1) is 24.5 Å². The molecule has 1 unspecified atom stereocenters. The Bertz CT molecular complexity index is 1430. The number of carbonyl (C=O) groups excluding carboxylic acids is 2. The smallest absolute Gasteiger partial charge is 0.257 e. The molecule has 234 valence electrons. The van der Waals surface area contributed by atoms with Crippen LogP contribution in [-0.2, 0) is 4.79 Å². The lowest BCUT2D eigenvalue weighted by Gasteiger charge is -2.41. The molecule has 1 heterocycles. The molecule has 1 aliphatic heterocycles. The third-order valence-electron chi connectivity index (χ3n) is 9.14. The Hall–Kier alpha value is -3.94. The second kappa shape index (κ2) is 14.2. The van der Waals surface area contributed by atoms with Gasteiger partial charge in [-0.25, -0.2) is 8.78 Å². The van der Waals surface area contributed by atoms with E-state index in [4.69, 9.17) is 0 Å². The zero-order chi connectivity index (χ0) is 31.2. The van der Waals surface area contributed by atoms with Crippen molar-refractivity contribution in [1.82, 2.24) is 4.90 Å². The van der Waals surface area contributed by atoms with Crippen LogP contribution in [0.3, 0.4) is 0 Å². The van der Waals surface area contributed by atoms with Crippen LogP contribution in [-0.4, -0.2) is 42.9 Å². The van der Waals surface area contributed by atoms with Gasteiger partial charge in [0.15, 0.2) is 0 Å². The zero-order valence-corrected chi connectivity index (χ0v) is 26.0. The number of anilines is 3. The largest absolute Gasteiger partial charge is 0.382 e. The van der Waals surface area contributed by atoms with E-state index in [0.29, 0.717) is 31.0 Å². The molecule has 2 fully saturated rings. The van der Waals surface area contributed by atoms with Crippen molar-refractivity contribution in [2.45, 2.75) is 77.3 Å². The van der Waals surface area contributed by atoms with Crippen LogP contribution in [0.2, 0.25) is 0 Å². The summed E-state index contributed by atoms with van der Waals surface area (Å²) in [6, 6.07) is 17.0. The Kier molecular flexibility index (Phi) is 10.2. The molecule has 44 heavy (non-hydrogen) atoms. The fourth-order valence-corrected chi connectivity index (χ4v) is 6.64. The Morgan fingerprint density at radius 3 is 2.41 bits per heavy atom. The summed E-state index contributed by atoms with van der Waals surface area (Å²) in [5, 5.41) is 6.44. The minimum absolute atomic E-state index is 0.0203. The maximum Gasteiger partial charge on any atom is 0.257 e. The molecule has 6 nitrogen and oxygen atoms in total. The van der Waals surface area contributed by atoms with Crippen LogP contribution in [0.5, 0.6) is 0 Å². The molecule has 0 bridgehead atoms. The van der Waals surface area contributed by atoms with Crippen molar-refractivity contribution in [1.29, 1.82) is 0 Å². The Morgan fingerprint density at radius 2 is 1.70 bits per heavy atom. The number of nitrogens with one attached hydrogen (secondary N) is 2. The molecule has 3 aromatic rings. The molecule has 5 rings (SSSR count). The minimum atomic E-state index is -0.658. The molecule has 3 aromatic carbocycles. The molecule has 0 spiro atoms. The Balaban J connectivity index is 1.46. The number of unbranched alkanes of at least 4 members (excludes halogenated alkanes) is 1. The van der Waals surface area contributed by atoms with Gasteiger partial charge in [-0.15, -0.1) is 0 Å². The number of amides is 2. The summed E-state index contributed by atoms with van der Waals surface area (Å²) >= 11 is 0. The van der Waals surface area contributed by atoms with Gasteiger partial charge in [0.1, 0.15) is 11.6 Å². The first kappa shape index (κ1) is 31.5. The number of likely N-dealkylation sites (tertiary alicyclic amines) is 1. The zero-order valence-electron chi connectivity index (χ0n) is 26.0. The van der Waals surface area contributed by atoms with E-state index in [2.05, 4.69) is 17.6 Å². The molecular formula is C36H44F2N4O2. The highest BCUT2D eigenvalue weighted by atomic mass is 19.1. The van der Waals surface area contributed by atoms with Crippen molar-refractivity contribution in [2.24, 2.45) is 5.92 Å². The van der Waals surface area contributed by atoms with E-state index < -0.39 is 29.5 Å². The summed E-state index contributed by atoms with van der Waals surface area (Å²) in [6.07, 6.45) is 7.84. The standard InChI is InChI=1S/C36H44F2N4O2/c1-4-5-21-41(3)28-19-20-30(37)32(23-28)40-35(43)29-13-9-22-42(36(44)33-24(2)10-8-14-31(33)38)34(29)25-15-17-27(18-16-25)39-26-11-6-7-12-26/h8,10,14-20,23,26,29,34,39H,4-7,9,11-13,21-22H2,1-3H3,(H,40,43)/t29?,34-/m0/s1. The Labute approximate surface area is 259 Å². The number of hydrogen-bond acceptors (Lipinski definition) is 4. The monoisotopic (exact) mass is 602 g/mol. The van der Waals surface area contributed by atoms with Crippen LogP contribution in [0.25, 0.3) is 0 Å². The molecule has 1 saturated carbocycles. The molecule has 2 aliphatic rings. The van der Waals surface area contributed by atoms with Gasteiger partial charge >= 0.3 is 0 Å². The fourth-order valence-electron chi connectivity index (χ4n) is 6.64. The second-order valence-corrected chi connectivity index (χ2v) is 12.3. The topological polar surface area (TPSA) is 64.7 Å². The third kappa shape index (κ3) is 7.06. The number of aryl methyl sites for hydroxylation is 1. The molecule has 8 heteroatoms. The van der Waals surface area contributed by atoms with Gasteiger partial charge in [-0.05, 0) is 86.6 Å². The number of piperidine rings is 1. The molecular weight excluding hydrogens is 558 g/mol. The highest BCUT2D eigenvalue weighted by Gasteiger charge is 2.40. The van der Waals surface area contributed by atoms with E-state index in [0.717, 1.165) is 49.2 Å². The number of hydrogen-bond donors (Lipinski definition) is 2. The van der Waals surface area contributed by atoms with Gasteiger partial charge in [0.25, 0.3) is 5.91 Å². The van der Waals surface area contributed by atoms with Crippen molar-refractivity contribution in [3.05, 3.63) is 89.0 Å². The molecule has 1 aliphatic carbocycles. The maximum atomic E-state index is 15.0. The quantitative estimate of drug-likeness (QED) is 0.246. The molecule has 0 radical (unpaired) electrons. The number of nitrogens with zero attached hydrogens (tertiary/aromatic N) is 2. The number of carbonyl (C=O) groups is 2. The van der Waals surface area contributed by atoms with E-state index in [1.165, 1.54) is 25.0 Å². The van der Waals surface area contributed by atoms with Crippen LogP contribution in [0.15, 0.2) is 60.7 Å². The van der Waals surface area contributed by atoms with E-state index in [1.54, 1.807) is 36.1 Å². The Morgan fingerprint density at radius 1 is 0.955 bits per heavy atom. The van der Waals surface area contributed by atoms with Crippen LogP contribution >= 0.6 is 0 Å². The van der Waals surface area contributed by atoms with Gasteiger partial charge in [-0.3, -0.25) is 9.59 Å². The summed E-state index contributed by atoms with van der Waals surface area (Å²) < 4.78 is 30.0. The van der Waals surface area contributed by atoms with Crippen molar-refractivity contribution >= 4 is 28.9 Å². The molecule has 2 N–H and O–H groups in total. The lowest BCUT2D eigenvalue weighted by Crippen LogP contribution is -2.46. The van der Waals surface area contributed by atoms with Crippen molar-refractivity contribution in [3.8, 4) is 0 Å². The van der Waals surface area contributed by atoms with Gasteiger partial charge in [0.05, 0.1) is 23.2 Å². The van der Waals surface area contributed by atoms with Crippen LogP contribution in [0.4, 0.5) is 25.8 Å². The van der Waals surface area contributed by atoms with E-state index in [9.17, 15) is 9.59 Å². The molecule has 0 aromatic heterocycles. The van der Waals surface area contributed by atoms with Crippen molar-refractivity contribution in [2.75, 3.05) is 35.7 Å². The summed E-state index contributed by atoms with van der Waals surface area (Å²) in [7, 11) is 1.95. The van der Waals surface area contributed by atoms with Gasteiger partial charge in [0.2, 0.25) is 5.91 Å². The lowest BCUT2D eigenvalue weighted by molar-refractivity contribution is -0.123. The highest BCUT2D eigenvalue weighted by molar-refractivity contribution is 5.98. The summed E-state index contributed by atoms with van der Waals surface area (Å²) in [4.78, 5) is 31.6. The number of benzene rings is 3. The van der Waals surface area contributed by atoms with Crippen LogP contribution < -0.4 is 15.5 Å². The molecule has 2 atom stereocenters. The molecule has 2 amide bonds. The minimum Gasteiger partial charge on any atom is -0.382 e. The number of halogens is 2. The normalized spacial score (nSPS) is 18.7. The van der Waals surface area contributed by atoms with Gasteiger partial charge in [-0.2, -0.15) is 0 Å². The van der Waals surface area contributed by atoms with E-state index >= 15 is 8.78 Å². The third-order valence-corrected chi connectivity index (χ3v) is 9.14. The van der Waals surface area contributed by atoms with Gasteiger partial charge in [-0.1, -0.05) is 50.5 Å². The van der Waals surface area contributed by atoms with E-state index in [1.807, 2.05) is 36.2 Å². The van der Waals surface area contributed by atoms with Crippen molar-refractivity contribution in [3.63, 3.8) is 0 Å². The molecule has 1 saturated heterocycles. The summed E-state index contributed by atoms with van der Waals surface area (Å²) in [5.41, 5.74) is 3.27. The summed E-state index contributed by atoms with van der Waals surface area (Å²) in [6.45, 7) is 5.04. The second-order valence-electron chi connectivity index (χ2n) is 12.3.